The summed E-state index contributed by atoms with van der Waals surface area (Å²) < 4.78 is 5.72. The van der Waals surface area contributed by atoms with Crippen molar-refractivity contribution in [3.8, 4) is 22.9 Å². The van der Waals surface area contributed by atoms with Crippen molar-refractivity contribution in [3.05, 3.63) is 78.4 Å². The molecule has 0 aliphatic carbocycles. The normalized spacial score (nSPS) is 10.3. The van der Waals surface area contributed by atoms with Crippen LogP contribution in [0.3, 0.4) is 0 Å². The van der Waals surface area contributed by atoms with Gasteiger partial charge in [0.15, 0.2) is 0 Å². The van der Waals surface area contributed by atoms with E-state index in [1.807, 2.05) is 60.7 Å². The van der Waals surface area contributed by atoms with Crippen molar-refractivity contribution >= 4 is 0 Å². The topological polar surface area (TPSA) is 42.4 Å². The number of benzene rings is 2. The highest BCUT2D eigenvalue weighted by Crippen LogP contribution is 2.22. The second-order valence-corrected chi connectivity index (χ2v) is 4.68. The maximum absolute atomic E-state index is 9.32. The van der Waals surface area contributed by atoms with Crippen molar-refractivity contribution in [3.63, 3.8) is 0 Å². The molecule has 0 saturated carbocycles. The summed E-state index contributed by atoms with van der Waals surface area (Å²) in [5, 5.41) is 9.32. The van der Waals surface area contributed by atoms with Gasteiger partial charge in [0, 0.05) is 11.6 Å². The lowest BCUT2D eigenvalue weighted by atomic mass is 10.1. The monoisotopic (exact) mass is 277 g/mol. The number of aromatic nitrogens is 1. The summed E-state index contributed by atoms with van der Waals surface area (Å²) in [5.41, 5.74) is 2.87. The SMILES string of the molecule is Oc1ccc(-c2cccc(OCc3ccccc3)n2)cc1. The highest BCUT2D eigenvalue weighted by atomic mass is 16.5. The lowest BCUT2D eigenvalue weighted by Crippen LogP contribution is -1.97. The molecule has 3 rings (SSSR count). The zero-order chi connectivity index (χ0) is 14.5. The van der Waals surface area contributed by atoms with E-state index in [1.54, 1.807) is 12.1 Å². The average molecular weight is 277 g/mol. The fourth-order valence-electron chi connectivity index (χ4n) is 2.02. The minimum atomic E-state index is 0.246. The zero-order valence-corrected chi connectivity index (χ0v) is 11.4. The van der Waals surface area contributed by atoms with Crippen LogP contribution in [0.1, 0.15) is 5.56 Å². The highest BCUT2D eigenvalue weighted by Gasteiger charge is 2.02. The van der Waals surface area contributed by atoms with E-state index in [4.69, 9.17) is 4.74 Å². The van der Waals surface area contributed by atoms with E-state index in [2.05, 4.69) is 4.98 Å². The first-order chi connectivity index (χ1) is 10.3. The molecule has 21 heavy (non-hydrogen) atoms. The van der Waals surface area contributed by atoms with Crippen LogP contribution < -0.4 is 4.74 Å². The quantitative estimate of drug-likeness (QED) is 0.782. The number of ether oxygens (including phenoxy) is 1. The third-order valence-electron chi connectivity index (χ3n) is 3.12. The van der Waals surface area contributed by atoms with Gasteiger partial charge in [-0.15, -0.1) is 0 Å². The standard InChI is InChI=1S/C18H15NO2/c20-16-11-9-15(10-12-16)17-7-4-8-18(19-17)21-13-14-5-2-1-3-6-14/h1-12,20H,13H2. The molecule has 1 N–H and O–H groups in total. The molecule has 0 aliphatic heterocycles. The van der Waals surface area contributed by atoms with Gasteiger partial charge in [0.1, 0.15) is 12.4 Å². The Labute approximate surface area is 123 Å². The molecule has 0 aliphatic rings. The van der Waals surface area contributed by atoms with Crippen LogP contribution in [-0.2, 0) is 6.61 Å². The van der Waals surface area contributed by atoms with Gasteiger partial charge in [0.05, 0.1) is 5.69 Å². The van der Waals surface area contributed by atoms with Gasteiger partial charge in [-0.25, -0.2) is 4.98 Å². The van der Waals surface area contributed by atoms with Crippen molar-refractivity contribution in [2.75, 3.05) is 0 Å². The first-order valence-electron chi connectivity index (χ1n) is 6.74. The Hall–Kier alpha value is -2.81. The molecular formula is C18H15NO2. The van der Waals surface area contributed by atoms with Crippen LogP contribution in [0.4, 0.5) is 0 Å². The van der Waals surface area contributed by atoms with Crippen LogP contribution in [0.2, 0.25) is 0 Å². The first-order valence-corrected chi connectivity index (χ1v) is 6.74. The molecule has 1 heterocycles. The van der Waals surface area contributed by atoms with Gasteiger partial charge in [-0.1, -0.05) is 36.4 Å². The van der Waals surface area contributed by atoms with Crippen LogP contribution in [0.25, 0.3) is 11.3 Å². The van der Waals surface area contributed by atoms with E-state index in [0.717, 1.165) is 16.8 Å². The lowest BCUT2D eigenvalue weighted by molar-refractivity contribution is 0.294. The van der Waals surface area contributed by atoms with Crippen molar-refractivity contribution in [1.82, 2.24) is 4.98 Å². The molecule has 0 saturated heterocycles. The van der Waals surface area contributed by atoms with Crippen molar-refractivity contribution in [2.24, 2.45) is 0 Å². The first kappa shape index (κ1) is 13.2. The number of hydrogen-bond acceptors (Lipinski definition) is 3. The van der Waals surface area contributed by atoms with Gasteiger partial charge in [-0.05, 0) is 35.9 Å². The number of hydrogen-bond donors (Lipinski definition) is 1. The van der Waals surface area contributed by atoms with Crippen molar-refractivity contribution in [1.29, 1.82) is 0 Å². The van der Waals surface area contributed by atoms with E-state index in [9.17, 15) is 5.11 Å². The maximum Gasteiger partial charge on any atom is 0.214 e. The summed E-state index contributed by atoms with van der Waals surface area (Å²) in [5.74, 6) is 0.833. The summed E-state index contributed by atoms with van der Waals surface area (Å²) >= 11 is 0. The Bertz CT molecular complexity index is 709. The summed E-state index contributed by atoms with van der Waals surface area (Å²) in [6, 6.07) is 22.6. The minimum absolute atomic E-state index is 0.246. The number of phenols is 1. The smallest absolute Gasteiger partial charge is 0.214 e. The molecule has 0 amide bonds. The van der Waals surface area contributed by atoms with Crippen LogP contribution in [0.15, 0.2) is 72.8 Å². The van der Waals surface area contributed by atoms with E-state index >= 15 is 0 Å². The van der Waals surface area contributed by atoms with Crippen LogP contribution in [-0.4, -0.2) is 10.1 Å². The van der Waals surface area contributed by atoms with Gasteiger partial charge in [0.2, 0.25) is 5.88 Å². The minimum Gasteiger partial charge on any atom is -0.508 e. The second-order valence-electron chi connectivity index (χ2n) is 4.68. The van der Waals surface area contributed by atoms with Crippen molar-refractivity contribution < 1.29 is 9.84 Å². The van der Waals surface area contributed by atoms with E-state index in [1.165, 1.54) is 0 Å². The van der Waals surface area contributed by atoms with E-state index in [0.29, 0.717) is 12.5 Å². The lowest BCUT2D eigenvalue weighted by Gasteiger charge is -2.07. The summed E-state index contributed by atoms with van der Waals surface area (Å²) in [4.78, 5) is 4.48. The molecule has 2 aromatic carbocycles. The van der Waals surface area contributed by atoms with Gasteiger partial charge >= 0.3 is 0 Å². The summed E-state index contributed by atoms with van der Waals surface area (Å²) in [6.07, 6.45) is 0. The maximum atomic E-state index is 9.32. The largest absolute Gasteiger partial charge is 0.508 e. The predicted molar refractivity (Wildman–Crippen MR) is 82.1 cm³/mol. The molecule has 3 heteroatoms. The Morgan fingerprint density at radius 2 is 1.57 bits per heavy atom. The Balaban J connectivity index is 1.75. The molecule has 0 unspecified atom stereocenters. The summed E-state index contributed by atoms with van der Waals surface area (Å²) in [7, 11) is 0. The van der Waals surface area contributed by atoms with Gasteiger partial charge in [0.25, 0.3) is 0 Å². The second kappa shape index (κ2) is 6.09. The Kier molecular flexibility index (Phi) is 3.83. The molecule has 0 spiro atoms. The molecule has 0 atom stereocenters. The highest BCUT2D eigenvalue weighted by molar-refractivity contribution is 5.60. The molecular weight excluding hydrogens is 262 g/mol. The summed E-state index contributed by atoms with van der Waals surface area (Å²) in [6.45, 7) is 0.493. The molecule has 0 radical (unpaired) electrons. The van der Waals surface area contributed by atoms with Gasteiger partial charge in [-0.2, -0.15) is 0 Å². The molecule has 0 fully saturated rings. The number of nitrogens with zero attached hydrogens (tertiary/aromatic N) is 1. The number of rotatable bonds is 4. The number of phenolic OH excluding ortho intramolecular Hbond substituents is 1. The third-order valence-corrected chi connectivity index (χ3v) is 3.12. The van der Waals surface area contributed by atoms with Gasteiger partial charge < -0.3 is 9.84 Å². The Morgan fingerprint density at radius 3 is 2.33 bits per heavy atom. The van der Waals surface area contributed by atoms with E-state index in [-0.39, 0.29) is 5.75 Å². The molecule has 1 aromatic heterocycles. The fourth-order valence-corrected chi connectivity index (χ4v) is 2.02. The van der Waals surface area contributed by atoms with Gasteiger partial charge in [-0.3, -0.25) is 0 Å². The Morgan fingerprint density at radius 1 is 0.810 bits per heavy atom. The number of aromatic hydroxyl groups is 1. The molecule has 104 valence electrons. The van der Waals surface area contributed by atoms with Crippen LogP contribution in [0.5, 0.6) is 11.6 Å². The fraction of sp³-hybridized carbons (Fsp3) is 0.0556. The zero-order valence-electron chi connectivity index (χ0n) is 11.4. The predicted octanol–water partition coefficient (Wildman–Crippen LogP) is 4.03. The van der Waals surface area contributed by atoms with Crippen molar-refractivity contribution in [2.45, 2.75) is 6.61 Å². The average Bonchev–Trinajstić information content (AvgIpc) is 2.55. The third kappa shape index (κ3) is 3.39. The van der Waals surface area contributed by atoms with E-state index < -0.39 is 0 Å². The molecule has 3 aromatic rings. The molecule has 0 bridgehead atoms. The van der Waals surface area contributed by atoms with Crippen LogP contribution >= 0.6 is 0 Å². The number of pyridine rings is 1. The van der Waals surface area contributed by atoms with Crippen LogP contribution in [0, 0.1) is 0 Å². The molecule has 3 nitrogen and oxygen atoms in total.